The maximum Gasteiger partial charge on any atom is 0.389 e. The molecule has 0 amide bonds. The molecule has 1 aliphatic heterocycles. The Balaban J connectivity index is 1.88. The van der Waals surface area contributed by atoms with Crippen LogP contribution in [0.1, 0.15) is 31.7 Å². The second-order valence-corrected chi connectivity index (χ2v) is 7.15. The highest BCUT2D eigenvalue weighted by Gasteiger charge is 2.43. The van der Waals surface area contributed by atoms with Gasteiger partial charge in [-0.1, -0.05) is 18.7 Å². The third-order valence-electron chi connectivity index (χ3n) is 4.21. The lowest BCUT2D eigenvalue weighted by Crippen LogP contribution is -2.31. The zero-order chi connectivity index (χ0) is 19.1. The number of rotatable bonds is 5. The smallest absolute Gasteiger partial charge is 0.388 e. The number of aryl methyl sites for hydroxylation is 1. The Labute approximate surface area is 151 Å². The molecule has 2 unspecified atom stereocenters. The highest BCUT2D eigenvalue weighted by atomic mass is 32.2. The molecule has 2 N–H and O–H groups in total. The van der Waals surface area contributed by atoms with Gasteiger partial charge in [0.15, 0.2) is 17.0 Å². The van der Waals surface area contributed by atoms with E-state index in [1.807, 2.05) is 6.92 Å². The summed E-state index contributed by atoms with van der Waals surface area (Å²) in [7, 11) is 0. The van der Waals surface area contributed by atoms with Gasteiger partial charge in [0.05, 0.1) is 24.5 Å². The van der Waals surface area contributed by atoms with E-state index in [9.17, 15) is 23.4 Å². The van der Waals surface area contributed by atoms with Crippen molar-refractivity contribution in [2.75, 3.05) is 5.75 Å². The molecular weight excluding hydrogens is 373 g/mol. The Hall–Kier alpha value is -1.43. The molecule has 11 heteroatoms. The molecule has 3 heterocycles. The highest BCUT2D eigenvalue weighted by molar-refractivity contribution is 7.99. The quantitative estimate of drug-likeness (QED) is 0.595. The van der Waals surface area contributed by atoms with Gasteiger partial charge < -0.3 is 14.9 Å². The average molecular weight is 392 g/mol. The van der Waals surface area contributed by atoms with E-state index in [-0.39, 0.29) is 10.9 Å². The monoisotopic (exact) mass is 392 g/mol. The number of hydrogen-bond acceptors (Lipinski definition) is 7. The summed E-state index contributed by atoms with van der Waals surface area (Å²) < 4.78 is 44.2. The number of ether oxygens (including phenoxy) is 1. The van der Waals surface area contributed by atoms with Gasteiger partial charge in [-0.25, -0.2) is 15.0 Å². The van der Waals surface area contributed by atoms with E-state index in [2.05, 4.69) is 15.0 Å². The van der Waals surface area contributed by atoms with Crippen LogP contribution >= 0.6 is 11.8 Å². The van der Waals surface area contributed by atoms with Crippen LogP contribution < -0.4 is 0 Å². The van der Waals surface area contributed by atoms with E-state index in [1.165, 1.54) is 10.9 Å². The number of halogens is 3. The van der Waals surface area contributed by atoms with Gasteiger partial charge >= 0.3 is 6.18 Å². The molecule has 1 saturated heterocycles. The minimum absolute atomic E-state index is 0.193. The van der Waals surface area contributed by atoms with Crippen LogP contribution in [0.4, 0.5) is 13.2 Å². The predicted octanol–water partition coefficient (Wildman–Crippen LogP) is 2.21. The molecule has 0 aliphatic carbocycles. The van der Waals surface area contributed by atoms with E-state index >= 15 is 0 Å². The van der Waals surface area contributed by atoms with Gasteiger partial charge in [0.1, 0.15) is 17.7 Å². The maximum atomic E-state index is 12.3. The summed E-state index contributed by atoms with van der Waals surface area (Å²) in [5.74, 6) is -0.193. The van der Waals surface area contributed by atoms with Crippen molar-refractivity contribution in [1.29, 1.82) is 0 Å². The third-order valence-corrected chi connectivity index (χ3v) is 5.05. The van der Waals surface area contributed by atoms with E-state index in [0.29, 0.717) is 23.3 Å². The minimum Gasteiger partial charge on any atom is -0.388 e. The fraction of sp³-hybridized carbons (Fsp3) is 0.667. The van der Waals surface area contributed by atoms with E-state index in [4.69, 9.17) is 4.74 Å². The molecule has 4 atom stereocenters. The van der Waals surface area contributed by atoms with Crippen molar-refractivity contribution in [2.24, 2.45) is 0 Å². The molecule has 7 nitrogen and oxygen atoms in total. The number of aromatic nitrogens is 4. The normalized spacial score (nSPS) is 26.7. The molecule has 0 radical (unpaired) electrons. The SMILES string of the molecule is CCC1OC(n2cnc3c(C)nc(SCCC(F)(F)F)nc32)[C@@H](O)[C@H]1O. The number of hydrogen-bond donors (Lipinski definition) is 2. The number of imidazole rings is 1. The van der Waals surface area contributed by atoms with Crippen LogP contribution in [0.15, 0.2) is 11.5 Å². The fourth-order valence-electron chi connectivity index (χ4n) is 2.84. The largest absolute Gasteiger partial charge is 0.389 e. The zero-order valence-corrected chi connectivity index (χ0v) is 15.0. The summed E-state index contributed by atoms with van der Waals surface area (Å²) >= 11 is 0.901. The Bertz CT molecular complexity index is 785. The second-order valence-electron chi connectivity index (χ2n) is 6.08. The van der Waals surface area contributed by atoms with Crippen LogP contribution in [0, 0.1) is 6.92 Å². The maximum absolute atomic E-state index is 12.3. The van der Waals surface area contributed by atoms with E-state index in [0.717, 1.165) is 11.8 Å². The molecule has 1 fully saturated rings. The van der Waals surface area contributed by atoms with Crippen molar-refractivity contribution in [3.8, 4) is 0 Å². The Kier molecular flexibility index (Phi) is 5.42. The molecule has 2 aromatic rings. The molecule has 144 valence electrons. The number of aliphatic hydroxyl groups excluding tert-OH is 2. The molecule has 3 rings (SSSR count). The van der Waals surface area contributed by atoms with Crippen LogP contribution in [0.5, 0.6) is 0 Å². The van der Waals surface area contributed by atoms with Gasteiger partial charge in [-0.05, 0) is 13.3 Å². The van der Waals surface area contributed by atoms with Gasteiger partial charge in [0.2, 0.25) is 0 Å². The summed E-state index contributed by atoms with van der Waals surface area (Å²) in [4.78, 5) is 12.7. The summed E-state index contributed by atoms with van der Waals surface area (Å²) in [6.07, 6.45) is -6.81. The summed E-state index contributed by atoms with van der Waals surface area (Å²) in [5.41, 5.74) is 1.33. The minimum atomic E-state index is -4.24. The van der Waals surface area contributed by atoms with Crippen molar-refractivity contribution in [1.82, 2.24) is 19.5 Å². The molecule has 26 heavy (non-hydrogen) atoms. The van der Waals surface area contributed by atoms with Crippen LogP contribution in [-0.4, -0.2) is 60.0 Å². The number of aliphatic hydroxyl groups is 2. The summed E-state index contributed by atoms with van der Waals surface area (Å²) in [5, 5.41) is 20.5. The summed E-state index contributed by atoms with van der Waals surface area (Å²) in [6, 6.07) is 0. The lowest BCUT2D eigenvalue weighted by atomic mass is 10.1. The Morgan fingerprint density at radius 1 is 1.27 bits per heavy atom. The number of thioether (sulfide) groups is 1. The van der Waals surface area contributed by atoms with Crippen LogP contribution in [0.3, 0.4) is 0 Å². The van der Waals surface area contributed by atoms with Crippen molar-refractivity contribution in [2.45, 2.75) is 62.6 Å². The van der Waals surface area contributed by atoms with Crippen LogP contribution in [-0.2, 0) is 4.74 Å². The molecule has 0 bridgehead atoms. The first-order valence-electron chi connectivity index (χ1n) is 8.13. The number of nitrogens with zero attached hydrogens (tertiary/aromatic N) is 4. The number of alkyl halides is 3. The Morgan fingerprint density at radius 3 is 2.62 bits per heavy atom. The first-order valence-corrected chi connectivity index (χ1v) is 9.12. The van der Waals surface area contributed by atoms with E-state index < -0.39 is 37.1 Å². The topological polar surface area (TPSA) is 93.3 Å². The third kappa shape index (κ3) is 3.80. The van der Waals surface area contributed by atoms with Crippen LogP contribution in [0.2, 0.25) is 0 Å². The summed E-state index contributed by atoms with van der Waals surface area (Å²) in [6.45, 7) is 3.52. The van der Waals surface area contributed by atoms with Crippen molar-refractivity contribution in [3.63, 3.8) is 0 Å². The highest BCUT2D eigenvalue weighted by Crippen LogP contribution is 2.33. The predicted molar refractivity (Wildman–Crippen MR) is 87.7 cm³/mol. The Morgan fingerprint density at radius 2 is 2.00 bits per heavy atom. The first-order chi connectivity index (χ1) is 12.2. The second kappa shape index (κ2) is 7.29. The fourth-order valence-corrected chi connectivity index (χ4v) is 3.71. The lowest BCUT2D eigenvalue weighted by molar-refractivity contribution is -0.129. The zero-order valence-electron chi connectivity index (χ0n) is 14.1. The van der Waals surface area contributed by atoms with E-state index in [1.54, 1.807) is 6.92 Å². The molecule has 1 aliphatic rings. The molecule has 0 saturated carbocycles. The number of fused-ring (bicyclic) bond motifs is 1. The van der Waals surface area contributed by atoms with Gasteiger partial charge in [-0.2, -0.15) is 13.2 Å². The van der Waals surface area contributed by atoms with Crippen molar-refractivity contribution in [3.05, 3.63) is 12.0 Å². The van der Waals surface area contributed by atoms with Gasteiger partial charge in [0, 0.05) is 5.75 Å². The van der Waals surface area contributed by atoms with Gasteiger partial charge in [0.25, 0.3) is 0 Å². The van der Waals surface area contributed by atoms with Crippen LogP contribution in [0.25, 0.3) is 11.2 Å². The lowest BCUT2D eigenvalue weighted by Gasteiger charge is -2.16. The van der Waals surface area contributed by atoms with Crippen molar-refractivity contribution < 1.29 is 28.1 Å². The van der Waals surface area contributed by atoms with Gasteiger partial charge in [-0.15, -0.1) is 0 Å². The molecule has 0 spiro atoms. The molecule has 0 aromatic carbocycles. The van der Waals surface area contributed by atoms with Gasteiger partial charge in [-0.3, -0.25) is 4.57 Å². The first kappa shape index (κ1) is 19.3. The standard InChI is InChI=1S/C15H19F3N4O3S/c1-3-8-10(23)11(24)13(25-8)22-6-19-9-7(2)20-14(21-12(9)22)26-5-4-15(16,17)18/h6,8,10-11,13,23-24H,3-5H2,1-2H3/t8?,10-,11-,13?/m0/s1. The molecular formula is C15H19F3N4O3S. The van der Waals surface area contributed by atoms with Crippen molar-refractivity contribution >= 4 is 22.9 Å². The molecule has 2 aromatic heterocycles. The average Bonchev–Trinajstić information content (AvgIpc) is 3.09.